The maximum atomic E-state index is 13.5. The van der Waals surface area contributed by atoms with Crippen molar-refractivity contribution in [1.82, 2.24) is 14.5 Å². The van der Waals surface area contributed by atoms with Gasteiger partial charge in [0.25, 0.3) is 11.5 Å². The summed E-state index contributed by atoms with van der Waals surface area (Å²) in [6.07, 6.45) is 3.45. The van der Waals surface area contributed by atoms with Gasteiger partial charge in [-0.25, -0.2) is 4.98 Å². The quantitative estimate of drug-likeness (QED) is 0.496. The number of rotatable bonds is 8. The number of aromatic nitrogens is 2. The van der Waals surface area contributed by atoms with Gasteiger partial charge >= 0.3 is 6.61 Å². The molecule has 0 bridgehead atoms. The van der Waals surface area contributed by atoms with Gasteiger partial charge in [0.2, 0.25) is 0 Å². The summed E-state index contributed by atoms with van der Waals surface area (Å²) >= 11 is 0. The van der Waals surface area contributed by atoms with Crippen molar-refractivity contribution in [3.05, 3.63) is 63.7 Å². The van der Waals surface area contributed by atoms with E-state index in [2.05, 4.69) is 9.72 Å². The molecule has 1 fully saturated rings. The van der Waals surface area contributed by atoms with Gasteiger partial charge in [-0.3, -0.25) is 14.2 Å². The van der Waals surface area contributed by atoms with E-state index >= 15 is 0 Å². The van der Waals surface area contributed by atoms with E-state index in [1.165, 1.54) is 6.07 Å². The summed E-state index contributed by atoms with van der Waals surface area (Å²) < 4.78 is 37.1. The fourth-order valence-corrected chi connectivity index (χ4v) is 4.44. The molecule has 0 atom stereocenters. The van der Waals surface area contributed by atoms with Gasteiger partial charge in [-0.1, -0.05) is 6.07 Å². The van der Waals surface area contributed by atoms with Crippen LogP contribution in [0.25, 0.3) is 10.9 Å². The molecule has 1 saturated carbocycles. The highest BCUT2D eigenvalue weighted by Crippen LogP contribution is 2.34. The molecule has 1 aliphatic heterocycles. The third-order valence-electron chi connectivity index (χ3n) is 6.19. The maximum Gasteiger partial charge on any atom is 0.387 e. The largest absolute Gasteiger partial charge is 0.490 e. The molecule has 3 aromatic rings. The second kappa shape index (κ2) is 9.04. The van der Waals surface area contributed by atoms with Crippen LogP contribution in [0.15, 0.2) is 41.2 Å². The van der Waals surface area contributed by atoms with E-state index in [1.54, 1.807) is 46.7 Å². The Bertz CT molecular complexity index is 1300. The van der Waals surface area contributed by atoms with Crippen LogP contribution in [0.1, 0.15) is 47.9 Å². The van der Waals surface area contributed by atoms with Gasteiger partial charge in [0.05, 0.1) is 17.5 Å². The van der Waals surface area contributed by atoms with Crippen molar-refractivity contribution < 1.29 is 23.0 Å². The number of alkyl halides is 2. The van der Waals surface area contributed by atoms with Gasteiger partial charge in [0.15, 0.2) is 11.5 Å². The number of ether oxygens (including phenoxy) is 2. The molecule has 1 aromatic heterocycles. The highest BCUT2D eigenvalue weighted by molar-refractivity contribution is 5.98. The number of hydrogen-bond donors (Lipinski definition) is 0. The molecule has 2 aromatic carbocycles. The van der Waals surface area contributed by atoms with E-state index in [0.717, 1.165) is 37.1 Å². The van der Waals surface area contributed by atoms with Crippen LogP contribution in [0.4, 0.5) is 8.78 Å². The van der Waals surface area contributed by atoms with E-state index in [0.29, 0.717) is 36.2 Å². The van der Waals surface area contributed by atoms with Crippen molar-refractivity contribution in [3.8, 4) is 11.5 Å². The number of halogens is 2. The summed E-state index contributed by atoms with van der Waals surface area (Å²) in [6, 6.07) is 9.89. The van der Waals surface area contributed by atoms with E-state index in [9.17, 15) is 18.4 Å². The predicted octanol–water partition coefficient (Wildman–Crippen LogP) is 4.15. The molecule has 178 valence electrons. The minimum Gasteiger partial charge on any atom is -0.490 e. The number of carbonyl (C=O) groups is 1. The molecule has 1 aliphatic carbocycles. The SMILES string of the molecule is CCOc1cc(CN(C(=O)c2ccc3c(=O)n4c(nc3c2)CCC4)C2CC2)ccc1OC(F)F. The Morgan fingerprint density at radius 2 is 2.03 bits per heavy atom. The minimum atomic E-state index is -2.95. The summed E-state index contributed by atoms with van der Waals surface area (Å²) in [4.78, 5) is 32.6. The molecule has 0 N–H and O–H groups in total. The molecule has 1 amide bonds. The Morgan fingerprint density at radius 3 is 2.76 bits per heavy atom. The van der Waals surface area contributed by atoms with Crippen molar-refractivity contribution in [2.24, 2.45) is 0 Å². The zero-order valence-electron chi connectivity index (χ0n) is 18.8. The van der Waals surface area contributed by atoms with Gasteiger partial charge in [-0.05, 0) is 62.1 Å². The van der Waals surface area contributed by atoms with E-state index in [1.807, 2.05) is 0 Å². The Balaban J connectivity index is 1.43. The predicted molar refractivity (Wildman–Crippen MR) is 121 cm³/mol. The smallest absolute Gasteiger partial charge is 0.387 e. The molecule has 0 unspecified atom stereocenters. The summed E-state index contributed by atoms with van der Waals surface area (Å²) in [5.74, 6) is 0.783. The van der Waals surface area contributed by atoms with Gasteiger partial charge in [0, 0.05) is 31.1 Å². The molecular weight excluding hydrogens is 444 g/mol. The lowest BCUT2D eigenvalue weighted by Crippen LogP contribution is -2.32. The first-order valence-corrected chi connectivity index (χ1v) is 11.5. The fourth-order valence-electron chi connectivity index (χ4n) is 4.44. The molecule has 7 nitrogen and oxygen atoms in total. The van der Waals surface area contributed by atoms with Crippen molar-refractivity contribution in [2.75, 3.05) is 6.61 Å². The molecule has 5 rings (SSSR count). The number of fused-ring (bicyclic) bond motifs is 2. The summed E-state index contributed by atoms with van der Waals surface area (Å²) in [7, 11) is 0. The van der Waals surface area contributed by atoms with Crippen molar-refractivity contribution >= 4 is 16.8 Å². The third-order valence-corrected chi connectivity index (χ3v) is 6.19. The maximum absolute atomic E-state index is 13.5. The number of carbonyl (C=O) groups excluding carboxylic acids is 1. The molecule has 2 heterocycles. The van der Waals surface area contributed by atoms with Crippen molar-refractivity contribution in [3.63, 3.8) is 0 Å². The van der Waals surface area contributed by atoms with Crippen LogP contribution in [0.2, 0.25) is 0 Å². The second-order valence-electron chi connectivity index (χ2n) is 8.58. The summed E-state index contributed by atoms with van der Waals surface area (Å²) in [5.41, 5.74) is 1.69. The zero-order chi connectivity index (χ0) is 23.8. The minimum absolute atomic E-state index is 0.0377. The molecule has 9 heteroatoms. The number of amides is 1. The van der Waals surface area contributed by atoms with Gasteiger partial charge in [-0.15, -0.1) is 0 Å². The van der Waals surface area contributed by atoms with Crippen molar-refractivity contribution in [2.45, 2.75) is 58.3 Å². The van der Waals surface area contributed by atoms with Crippen LogP contribution >= 0.6 is 0 Å². The lowest BCUT2D eigenvalue weighted by Gasteiger charge is -2.23. The van der Waals surface area contributed by atoms with Gasteiger partial charge in [-0.2, -0.15) is 8.78 Å². The first kappa shape index (κ1) is 22.3. The molecule has 0 saturated heterocycles. The Hall–Kier alpha value is -3.49. The fraction of sp³-hybridized carbons (Fsp3) is 0.400. The van der Waals surface area contributed by atoms with E-state index < -0.39 is 6.61 Å². The highest BCUT2D eigenvalue weighted by Gasteiger charge is 2.33. The lowest BCUT2D eigenvalue weighted by molar-refractivity contribution is -0.0514. The normalized spacial score (nSPS) is 14.9. The molecule has 2 aliphatic rings. The second-order valence-corrected chi connectivity index (χ2v) is 8.58. The van der Waals surface area contributed by atoms with Crippen LogP contribution in [0, 0.1) is 0 Å². The monoisotopic (exact) mass is 469 g/mol. The average molecular weight is 469 g/mol. The number of hydrogen-bond acceptors (Lipinski definition) is 5. The topological polar surface area (TPSA) is 73.7 Å². The molecule has 0 spiro atoms. The van der Waals surface area contributed by atoms with Crippen LogP contribution in [-0.2, 0) is 19.5 Å². The standard InChI is InChI=1S/C25H25F2N3O4/c1-2-33-21-12-15(5-10-20(21)34-25(26)27)14-30(17-7-8-17)23(31)16-6-9-18-19(13-16)28-22-4-3-11-29(22)24(18)32/h5-6,9-10,12-13,17,25H,2-4,7-8,11,14H2,1H3. The molecule has 0 radical (unpaired) electrons. The first-order chi connectivity index (χ1) is 16.4. The third kappa shape index (κ3) is 4.34. The lowest BCUT2D eigenvalue weighted by atomic mass is 10.1. The first-order valence-electron chi connectivity index (χ1n) is 11.5. The van der Waals surface area contributed by atoms with Crippen LogP contribution in [0.3, 0.4) is 0 Å². The Kier molecular flexibility index (Phi) is 5.93. The number of aryl methyl sites for hydroxylation is 1. The van der Waals surface area contributed by atoms with Gasteiger partial charge < -0.3 is 14.4 Å². The average Bonchev–Trinajstić information content (AvgIpc) is 3.55. The molecular formula is C25H25F2N3O4. The Morgan fingerprint density at radius 1 is 1.21 bits per heavy atom. The van der Waals surface area contributed by atoms with Gasteiger partial charge in [0.1, 0.15) is 5.82 Å². The van der Waals surface area contributed by atoms with Crippen LogP contribution in [-0.4, -0.2) is 39.6 Å². The zero-order valence-corrected chi connectivity index (χ0v) is 18.8. The van der Waals surface area contributed by atoms with Crippen LogP contribution in [0.5, 0.6) is 11.5 Å². The van der Waals surface area contributed by atoms with E-state index in [-0.39, 0.29) is 29.0 Å². The number of nitrogens with zero attached hydrogens (tertiary/aromatic N) is 3. The summed E-state index contributed by atoms with van der Waals surface area (Å²) in [5, 5.41) is 0.510. The Labute approximate surface area is 194 Å². The van der Waals surface area contributed by atoms with Crippen molar-refractivity contribution in [1.29, 1.82) is 0 Å². The number of benzene rings is 2. The summed E-state index contributed by atoms with van der Waals surface area (Å²) in [6.45, 7) is 0.0793. The van der Waals surface area contributed by atoms with Crippen LogP contribution < -0.4 is 15.0 Å². The van der Waals surface area contributed by atoms with E-state index in [4.69, 9.17) is 4.74 Å². The molecule has 34 heavy (non-hydrogen) atoms. The highest BCUT2D eigenvalue weighted by atomic mass is 19.3.